The van der Waals surface area contributed by atoms with Crippen LogP contribution in [0.1, 0.15) is 25.1 Å². The molecule has 1 aliphatic heterocycles. The Morgan fingerprint density at radius 3 is 2.62 bits per heavy atom. The van der Waals surface area contributed by atoms with Gasteiger partial charge in [0.05, 0.1) is 22.5 Å². The van der Waals surface area contributed by atoms with Gasteiger partial charge in [-0.2, -0.15) is 0 Å². The van der Waals surface area contributed by atoms with E-state index in [-0.39, 0.29) is 29.9 Å². The highest BCUT2D eigenvalue weighted by molar-refractivity contribution is 7.91. The minimum atomic E-state index is -3.07. The smallest absolute Gasteiger partial charge is 0.223 e. The largest absolute Gasteiger partial charge is 0.385 e. The number of carbonyl (C=O) groups excluding carboxylic acids is 1. The molecule has 0 saturated carbocycles. The van der Waals surface area contributed by atoms with Crippen molar-refractivity contribution in [1.82, 2.24) is 14.5 Å². The van der Waals surface area contributed by atoms with Crippen LogP contribution in [0.2, 0.25) is 0 Å². The van der Waals surface area contributed by atoms with Gasteiger partial charge in [-0.25, -0.2) is 13.4 Å². The van der Waals surface area contributed by atoms with Gasteiger partial charge >= 0.3 is 0 Å². The van der Waals surface area contributed by atoms with Crippen molar-refractivity contribution >= 4 is 26.8 Å². The average Bonchev–Trinajstić information content (AvgIpc) is 3.35. The van der Waals surface area contributed by atoms with E-state index < -0.39 is 9.84 Å². The Hall–Kier alpha value is -2.71. The molecule has 1 aliphatic rings. The van der Waals surface area contributed by atoms with Gasteiger partial charge in [0.25, 0.3) is 0 Å². The minimum absolute atomic E-state index is 0.0325. The van der Waals surface area contributed by atoms with Crippen LogP contribution in [0.3, 0.4) is 0 Å². The Bertz CT molecular complexity index is 1170. The highest BCUT2D eigenvalue weighted by Gasteiger charge is 2.34. The summed E-state index contributed by atoms with van der Waals surface area (Å²) in [5, 5.41) is 0. The molecule has 170 valence electrons. The number of rotatable bonds is 9. The number of amides is 1. The minimum Gasteiger partial charge on any atom is -0.385 e. The van der Waals surface area contributed by atoms with Crippen LogP contribution in [0.4, 0.5) is 0 Å². The molecule has 2 aromatic carbocycles. The maximum atomic E-state index is 13.2. The topological polar surface area (TPSA) is 81.5 Å². The van der Waals surface area contributed by atoms with Crippen LogP contribution < -0.4 is 0 Å². The zero-order valence-electron chi connectivity index (χ0n) is 18.3. The third-order valence-corrected chi connectivity index (χ3v) is 7.67. The van der Waals surface area contributed by atoms with Crippen molar-refractivity contribution in [3.05, 3.63) is 60.4 Å². The third-order valence-electron chi connectivity index (χ3n) is 5.92. The number of hydrogen-bond donors (Lipinski definition) is 0. The fourth-order valence-corrected chi connectivity index (χ4v) is 6.11. The number of hydrogen-bond acceptors (Lipinski definition) is 5. The summed E-state index contributed by atoms with van der Waals surface area (Å²) in [6.07, 6.45) is 1.94. The summed E-state index contributed by atoms with van der Waals surface area (Å²) in [7, 11) is -1.45. The first-order chi connectivity index (χ1) is 15.5. The molecule has 8 heteroatoms. The van der Waals surface area contributed by atoms with Crippen LogP contribution in [0.25, 0.3) is 16.7 Å². The number of nitrogens with zero attached hydrogens (tertiary/aromatic N) is 3. The Labute approximate surface area is 188 Å². The molecule has 4 rings (SSSR count). The van der Waals surface area contributed by atoms with Crippen molar-refractivity contribution in [2.75, 3.05) is 31.8 Å². The third kappa shape index (κ3) is 5.02. The summed E-state index contributed by atoms with van der Waals surface area (Å²) in [6, 6.07) is 17.7. The lowest BCUT2D eigenvalue weighted by molar-refractivity contribution is -0.133. The molecule has 1 atom stereocenters. The molecular weight excluding hydrogens is 426 g/mol. The first-order valence-electron chi connectivity index (χ1n) is 11.0. The maximum Gasteiger partial charge on any atom is 0.223 e. The number of imidazole rings is 1. The molecule has 1 fully saturated rings. The van der Waals surface area contributed by atoms with Gasteiger partial charge in [-0.05, 0) is 37.1 Å². The van der Waals surface area contributed by atoms with E-state index in [1.807, 2.05) is 54.6 Å². The van der Waals surface area contributed by atoms with E-state index in [4.69, 9.17) is 9.72 Å². The van der Waals surface area contributed by atoms with Crippen LogP contribution in [-0.4, -0.2) is 66.6 Å². The summed E-state index contributed by atoms with van der Waals surface area (Å²) in [6.45, 7) is 1.04. The predicted molar refractivity (Wildman–Crippen MR) is 125 cm³/mol. The van der Waals surface area contributed by atoms with Crippen molar-refractivity contribution in [3.8, 4) is 5.69 Å². The van der Waals surface area contributed by atoms with Gasteiger partial charge in [-0.15, -0.1) is 0 Å². The van der Waals surface area contributed by atoms with Crippen LogP contribution >= 0.6 is 0 Å². The van der Waals surface area contributed by atoms with Crippen molar-refractivity contribution in [2.45, 2.75) is 31.7 Å². The lowest BCUT2D eigenvalue weighted by Crippen LogP contribution is -2.42. The number of benzene rings is 2. The maximum absolute atomic E-state index is 13.2. The second-order valence-electron chi connectivity index (χ2n) is 8.18. The summed E-state index contributed by atoms with van der Waals surface area (Å²) in [5.74, 6) is 0.987. The first kappa shape index (κ1) is 22.5. The molecule has 1 aromatic heterocycles. The van der Waals surface area contributed by atoms with Gasteiger partial charge in [-0.1, -0.05) is 30.3 Å². The second kappa shape index (κ2) is 9.83. The van der Waals surface area contributed by atoms with Gasteiger partial charge in [0.15, 0.2) is 9.84 Å². The molecule has 0 bridgehead atoms. The molecule has 3 aromatic rings. The zero-order valence-corrected chi connectivity index (χ0v) is 19.1. The Balaban J connectivity index is 1.55. The van der Waals surface area contributed by atoms with E-state index in [1.165, 1.54) is 0 Å². The van der Waals surface area contributed by atoms with E-state index in [2.05, 4.69) is 4.57 Å². The molecule has 1 saturated heterocycles. The highest BCUT2D eigenvalue weighted by atomic mass is 32.2. The van der Waals surface area contributed by atoms with E-state index in [0.29, 0.717) is 32.4 Å². The Morgan fingerprint density at radius 2 is 1.91 bits per heavy atom. The fraction of sp³-hybridized carbons (Fsp3) is 0.417. The molecular formula is C24H29N3O4S. The quantitative estimate of drug-likeness (QED) is 0.463. The van der Waals surface area contributed by atoms with Gasteiger partial charge < -0.3 is 9.64 Å². The summed E-state index contributed by atoms with van der Waals surface area (Å²) in [4.78, 5) is 19.8. The molecule has 1 amide bonds. The summed E-state index contributed by atoms with van der Waals surface area (Å²) >= 11 is 0. The number of fused-ring (bicyclic) bond motifs is 1. The van der Waals surface area contributed by atoms with Crippen molar-refractivity contribution in [1.29, 1.82) is 0 Å². The monoisotopic (exact) mass is 455 g/mol. The van der Waals surface area contributed by atoms with Crippen molar-refractivity contribution < 1.29 is 17.9 Å². The van der Waals surface area contributed by atoms with Gasteiger partial charge in [0, 0.05) is 44.8 Å². The zero-order chi connectivity index (χ0) is 22.6. The molecule has 32 heavy (non-hydrogen) atoms. The second-order valence-corrected chi connectivity index (χ2v) is 10.4. The standard InChI is InChI=1S/C24H29N3O4S/c1-31-16-7-15-26(20-14-17-32(29,30)18-20)24(28)13-12-23-25-21-10-5-6-11-22(21)27(23)19-8-3-2-4-9-19/h2-6,8-11,20H,7,12-18H2,1H3. The normalized spacial score (nSPS) is 17.6. The number of aromatic nitrogens is 2. The molecule has 0 aliphatic carbocycles. The van der Waals surface area contributed by atoms with Crippen LogP contribution in [0.15, 0.2) is 54.6 Å². The van der Waals surface area contributed by atoms with Gasteiger partial charge in [0.2, 0.25) is 5.91 Å². The lowest BCUT2D eigenvalue weighted by atomic mass is 10.1. The number of para-hydroxylation sites is 3. The summed E-state index contributed by atoms with van der Waals surface area (Å²) in [5.41, 5.74) is 2.89. The average molecular weight is 456 g/mol. The fourth-order valence-electron chi connectivity index (χ4n) is 4.38. The van der Waals surface area contributed by atoms with E-state index >= 15 is 0 Å². The number of sulfone groups is 1. The van der Waals surface area contributed by atoms with Crippen LogP contribution in [-0.2, 0) is 25.8 Å². The number of carbonyl (C=O) groups is 1. The van der Waals surface area contributed by atoms with Crippen LogP contribution in [0, 0.1) is 0 Å². The van der Waals surface area contributed by atoms with Crippen molar-refractivity contribution in [2.24, 2.45) is 0 Å². The number of methoxy groups -OCH3 is 1. The predicted octanol–water partition coefficient (Wildman–Crippen LogP) is 3.01. The molecule has 7 nitrogen and oxygen atoms in total. The summed E-state index contributed by atoms with van der Waals surface area (Å²) < 4.78 is 31.2. The molecule has 0 spiro atoms. The van der Waals surface area contributed by atoms with E-state index in [9.17, 15) is 13.2 Å². The molecule has 1 unspecified atom stereocenters. The van der Waals surface area contributed by atoms with Crippen molar-refractivity contribution in [3.63, 3.8) is 0 Å². The first-order valence-corrected chi connectivity index (χ1v) is 12.8. The lowest BCUT2D eigenvalue weighted by Gasteiger charge is -2.28. The van der Waals surface area contributed by atoms with E-state index in [0.717, 1.165) is 22.5 Å². The molecule has 2 heterocycles. The molecule has 0 N–H and O–H groups in total. The number of ether oxygens (including phenoxy) is 1. The van der Waals surface area contributed by atoms with Crippen LogP contribution in [0.5, 0.6) is 0 Å². The highest BCUT2D eigenvalue weighted by Crippen LogP contribution is 2.24. The molecule has 0 radical (unpaired) electrons. The SMILES string of the molecule is COCCCN(C(=O)CCc1nc2ccccc2n1-c1ccccc1)C1CCS(=O)(=O)C1. The Morgan fingerprint density at radius 1 is 1.16 bits per heavy atom. The number of aryl methyl sites for hydroxylation is 1. The van der Waals surface area contributed by atoms with Gasteiger partial charge in [-0.3, -0.25) is 9.36 Å². The Kier molecular flexibility index (Phi) is 6.91. The van der Waals surface area contributed by atoms with Gasteiger partial charge in [0.1, 0.15) is 5.82 Å². The van der Waals surface area contributed by atoms with E-state index in [1.54, 1.807) is 12.0 Å².